The number of benzene rings is 1. The lowest BCUT2D eigenvalue weighted by Gasteiger charge is -2.17. The van der Waals surface area contributed by atoms with Crippen molar-refractivity contribution in [2.75, 3.05) is 0 Å². The predicted octanol–water partition coefficient (Wildman–Crippen LogP) is 1.82. The molecule has 4 N–H and O–H groups in total. The largest absolute Gasteiger partial charge is 0.352 e. The molecule has 0 radical (unpaired) electrons. The number of rotatable bonds is 5. The second-order valence-electron chi connectivity index (χ2n) is 5.61. The van der Waals surface area contributed by atoms with E-state index >= 15 is 0 Å². The molecule has 2 rings (SSSR count). The van der Waals surface area contributed by atoms with Crippen LogP contribution in [0.1, 0.15) is 25.8 Å². The van der Waals surface area contributed by atoms with E-state index < -0.39 is 5.54 Å². The summed E-state index contributed by atoms with van der Waals surface area (Å²) in [6.07, 6.45) is 2.04. The van der Waals surface area contributed by atoms with Crippen molar-refractivity contribution in [3.8, 4) is 11.3 Å². The second kappa shape index (κ2) is 5.88. The molecule has 5 heteroatoms. The summed E-state index contributed by atoms with van der Waals surface area (Å²) in [6.45, 7) is 4.19. The molecule has 0 aliphatic heterocycles. The predicted molar refractivity (Wildman–Crippen MR) is 78.8 cm³/mol. The second-order valence-corrected chi connectivity index (χ2v) is 5.61. The van der Waals surface area contributed by atoms with Gasteiger partial charge in [0.1, 0.15) is 0 Å². The molecule has 0 spiro atoms. The van der Waals surface area contributed by atoms with Gasteiger partial charge in [-0.15, -0.1) is 0 Å². The van der Waals surface area contributed by atoms with Gasteiger partial charge in [0, 0.05) is 24.7 Å². The van der Waals surface area contributed by atoms with Crippen LogP contribution in [0.2, 0.25) is 0 Å². The van der Waals surface area contributed by atoms with Crippen LogP contribution in [-0.4, -0.2) is 21.6 Å². The first-order valence-corrected chi connectivity index (χ1v) is 6.58. The molecule has 1 aromatic carbocycles. The standard InChI is InChI=1S/C15H20N4O/c1-15(2,16)9-14(20)17-10-11-3-5-12(6-4-11)13-7-8-18-19-13/h3-8H,9-10,16H2,1-2H3,(H,17,20)(H,18,19). The average molecular weight is 272 g/mol. The first kappa shape index (κ1) is 14.3. The number of nitrogens with zero attached hydrogens (tertiary/aromatic N) is 1. The molecule has 106 valence electrons. The van der Waals surface area contributed by atoms with Gasteiger partial charge in [0.15, 0.2) is 0 Å². The zero-order valence-electron chi connectivity index (χ0n) is 11.8. The third kappa shape index (κ3) is 4.20. The molecule has 0 saturated carbocycles. The molecule has 0 aliphatic carbocycles. The van der Waals surface area contributed by atoms with E-state index in [1.165, 1.54) is 0 Å². The molecular weight excluding hydrogens is 252 g/mol. The van der Waals surface area contributed by atoms with Gasteiger partial charge in [-0.1, -0.05) is 24.3 Å². The monoisotopic (exact) mass is 272 g/mol. The fourth-order valence-electron chi connectivity index (χ4n) is 1.90. The van der Waals surface area contributed by atoms with Crippen molar-refractivity contribution in [2.24, 2.45) is 5.73 Å². The Kier molecular flexibility index (Phi) is 4.20. The highest BCUT2D eigenvalue weighted by molar-refractivity contribution is 5.77. The zero-order chi connectivity index (χ0) is 14.6. The molecule has 20 heavy (non-hydrogen) atoms. The van der Waals surface area contributed by atoms with E-state index in [2.05, 4.69) is 15.5 Å². The van der Waals surface area contributed by atoms with Crippen LogP contribution in [0.25, 0.3) is 11.3 Å². The molecule has 5 nitrogen and oxygen atoms in total. The lowest BCUT2D eigenvalue weighted by Crippen LogP contribution is -2.38. The van der Waals surface area contributed by atoms with Gasteiger partial charge in [-0.3, -0.25) is 9.89 Å². The first-order valence-electron chi connectivity index (χ1n) is 6.58. The number of H-pyrrole nitrogens is 1. The molecule has 0 atom stereocenters. The van der Waals surface area contributed by atoms with E-state index in [1.807, 2.05) is 44.2 Å². The Bertz CT molecular complexity index is 553. The number of nitrogens with two attached hydrogens (primary N) is 1. The SMILES string of the molecule is CC(C)(N)CC(=O)NCc1ccc(-c2ccn[nH]2)cc1. The maximum absolute atomic E-state index is 11.7. The van der Waals surface area contributed by atoms with Crippen molar-refractivity contribution in [1.82, 2.24) is 15.5 Å². The third-order valence-electron chi connectivity index (χ3n) is 2.87. The number of hydrogen-bond donors (Lipinski definition) is 3. The summed E-state index contributed by atoms with van der Waals surface area (Å²) in [6, 6.07) is 9.90. The fourth-order valence-corrected chi connectivity index (χ4v) is 1.90. The van der Waals surface area contributed by atoms with Crippen molar-refractivity contribution < 1.29 is 4.79 Å². The summed E-state index contributed by atoms with van der Waals surface area (Å²) < 4.78 is 0. The highest BCUT2D eigenvalue weighted by Crippen LogP contribution is 2.16. The average Bonchev–Trinajstić information content (AvgIpc) is 2.89. The normalized spacial score (nSPS) is 11.3. The topological polar surface area (TPSA) is 83.8 Å². The van der Waals surface area contributed by atoms with Gasteiger partial charge in [0.05, 0.1) is 5.69 Å². The number of carbonyl (C=O) groups excluding carboxylic acids is 1. The van der Waals surface area contributed by atoms with Crippen molar-refractivity contribution in [3.63, 3.8) is 0 Å². The Morgan fingerprint density at radius 2 is 2.00 bits per heavy atom. The number of carbonyl (C=O) groups is 1. The molecule has 1 aromatic heterocycles. The molecule has 0 bridgehead atoms. The van der Waals surface area contributed by atoms with Crippen LogP contribution in [-0.2, 0) is 11.3 Å². The van der Waals surface area contributed by atoms with Gasteiger partial charge in [-0.05, 0) is 31.0 Å². The fraction of sp³-hybridized carbons (Fsp3) is 0.333. The first-order chi connectivity index (χ1) is 9.44. The Balaban J connectivity index is 1.90. The number of aromatic amines is 1. The molecule has 0 unspecified atom stereocenters. The maximum Gasteiger partial charge on any atom is 0.222 e. The minimum Gasteiger partial charge on any atom is -0.352 e. The van der Waals surface area contributed by atoms with Crippen LogP contribution in [0, 0.1) is 0 Å². The lowest BCUT2D eigenvalue weighted by atomic mass is 10.0. The molecule has 0 aliphatic rings. The third-order valence-corrected chi connectivity index (χ3v) is 2.87. The summed E-state index contributed by atoms with van der Waals surface area (Å²) in [4.78, 5) is 11.7. The molecule has 1 heterocycles. The summed E-state index contributed by atoms with van der Waals surface area (Å²) in [5, 5.41) is 9.71. The Labute approximate surface area is 118 Å². The lowest BCUT2D eigenvalue weighted by molar-refractivity contribution is -0.122. The zero-order valence-corrected chi connectivity index (χ0v) is 11.8. The van der Waals surface area contributed by atoms with E-state index in [0.29, 0.717) is 13.0 Å². The minimum absolute atomic E-state index is 0.0323. The Morgan fingerprint density at radius 3 is 2.55 bits per heavy atom. The molecular formula is C15H20N4O. The van der Waals surface area contributed by atoms with E-state index in [1.54, 1.807) is 6.20 Å². The summed E-state index contributed by atoms with van der Waals surface area (Å²) in [5.41, 5.74) is 8.43. The van der Waals surface area contributed by atoms with Crippen molar-refractivity contribution in [2.45, 2.75) is 32.4 Å². The van der Waals surface area contributed by atoms with Crippen LogP contribution in [0.4, 0.5) is 0 Å². The minimum atomic E-state index is -0.478. The van der Waals surface area contributed by atoms with Crippen LogP contribution in [0.5, 0.6) is 0 Å². The summed E-state index contributed by atoms with van der Waals surface area (Å²) in [5.74, 6) is -0.0323. The van der Waals surface area contributed by atoms with Crippen LogP contribution in [0.15, 0.2) is 36.5 Å². The van der Waals surface area contributed by atoms with Gasteiger partial charge in [-0.25, -0.2) is 0 Å². The quantitative estimate of drug-likeness (QED) is 0.776. The van der Waals surface area contributed by atoms with Gasteiger partial charge in [0.2, 0.25) is 5.91 Å². The van der Waals surface area contributed by atoms with E-state index in [0.717, 1.165) is 16.8 Å². The number of nitrogens with one attached hydrogen (secondary N) is 2. The van der Waals surface area contributed by atoms with Gasteiger partial charge < -0.3 is 11.1 Å². The Morgan fingerprint density at radius 1 is 1.30 bits per heavy atom. The van der Waals surface area contributed by atoms with Crippen LogP contribution >= 0.6 is 0 Å². The smallest absolute Gasteiger partial charge is 0.222 e. The number of amides is 1. The van der Waals surface area contributed by atoms with Gasteiger partial charge >= 0.3 is 0 Å². The van der Waals surface area contributed by atoms with Crippen molar-refractivity contribution in [1.29, 1.82) is 0 Å². The van der Waals surface area contributed by atoms with E-state index in [-0.39, 0.29) is 5.91 Å². The summed E-state index contributed by atoms with van der Waals surface area (Å²) >= 11 is 0. The molecule has 2 aromatic rings. The van der Waals surface area contributed by atoms with Crippen molar-refractivity contribution in [3.05, 3.63) is 42.1 Å². The van der Waals surface area contributed by atoms with Gasteiger partial charge in [0.25, 0.3) is 0 Å². The number of aromatic nitrogens is 2. The Hall–Kier alpha value is -2.14. The molecule has 0 saturated heterocycles. The highest BCUT2D eigenvalue weighted by Gasteiger charge is 2.15. The van der Waals surface area contributed by atoms with E-state index in [4.69, 9.17) is 5.73 Å². The molecule has 0 fully saturated rings. The summed E-state index contributed by atoms with van der Waals surface area (Å²) in [7, 11) is 0. The number of hydrogen-bond acceptors (Lipinski definition) is 3. The van der Waals surface area contributed by atoms with Crippen LogP contribution in [0.3, 0.4) is 0 Å². The van der Waals surface area contributed by atoms with Crippen molar-refractivity contribution >= 4 is 5.91 Å². The maximum atomic E-state index is 11.7. The molecule has 1 amide bonds. The van der Waals surface area contributed by atoms with Crippen LogP contribution < -0.4 is 11.1 Å². The highest BCUT2D eigenvalue weighted by atomic mass is 16.1. The van der Waals surface area contributed by atoms with E-state index in [9.17, 15) is 4.79 Å². The van der Waals surface area contributed by atoms with Gasteiger partial charge in [-0.2, -0.15) is 5.10 Å².